The molecule has 0 unspecified atom stereocenters. The van der Waals surface area contributed by atoms with Crippen LogP contribution in [0.1, 0.15) is 31.5 Å². The van der Waals surface area contributed by atoms with Crippen molar-refractivity contribution in [2.45, 2.75) is 32.9 Å². The third kappa shape index (κ3) is 3.51. The van der Waals surface area contributed by atoms with Crippen molar-refractivity contribution >= 4 is 11.3 Å². The van der Waals surface area contributed by atoms with Crippen molar-refractivity contribution in [1.82, 2.24) is 14.8 Å². The number of aromatic nitrogens is 1. The van der Waals surface area contributed by atoms with Crippen LogP contribution in [-0.4, -0.2) is 47.5 Å². The summed E-state index contributed by atoms with van der Waals surface area (Å²) in [5.74, 6) is 0. The van der Waals surface area contributed by atoms with E-state index >= 15 is 0 Å². The molecule has 0 spiro atoms. The number of rotatable bonds is 4. The maximum absolute atomic E-state index is 6.06. The van der Waals surface area contributed by atoms with Gasteiger partial charge in [0.2, 0.25) is 0 Å². The van der Waals surface area contributed by atoms with Crippen LogP contribution in [-0.2, 0) is 12.1 Å². The Morgan fingerprint density at radius 2 is 1.89 bits per heavy atom. The van der Waals surface area contributed by atoms with Gasteiger partial charge in [0, 0.05) is 31.6 Å². The normalized spacial score (nSPS) is 19.3. The van der Waals surface area contributed by atoms with Gasteiger partial charge < -0.3 is 10.6 Å². The molecule has 0 amide bonds. The van der Waals surface area contributed by atoms with Crippen molar-refractivity contribution in [2.75, 3.05) is 32.7 Å². The summed E-state index contributed by atoms with van der Waals surface area (Å²) in [7, 11) is 0. The first-order valence-corrected chi connectivity index (χ1v) is 7.55. The molecule has 102 valence electrons. The Labute approximate surface area is 114 Å². The fraction of sp³-hybridized carbons (Fsp3) is 0.769. The topological polar surface area (TPSA) is 45.4 Å². The number of nitrogens with zero attached hydrogens (tertiary/aromatic N) is 3. The van der Waals surface area contributed by atoms with Crippen LogP contribution in [0.4, 0.5) is 0 Å². The van der Waals surface area contributed by atoms with Crippen molar-refractivity contribution in [3.8, 4) is 0 Å². The number of piperazine rings is 1. The highest BCUT2D eigenvalue weighted by atomic mass is 32.1. The molecular weight excluding hydrogens is 244 g/mol. The van der Waals surface area contributed by atoms with Gasteiger partial charge in [0.25, 0.3) is 0 Å². The average molecular weight is 268 g/mol. The van der Waals surface area contributed by atoms with Crippen molar-refractivity contribution < 1.29 is 0 Å². The van der Waals surface area contributed by atoms with Gasteiger partial charge in [0.05, 0.1) is 17.8 Å². The second-order valence-electron chi connectivity index (χ2n) is 5.56. The Morgan fingerprint density at radius 3 is 2.39 bits per heavy atom. The molecule has 0 atom stereocenters. The highest BCUT2D eigenvalue weighted by molar-refractivity contribution is 7.09. The highest BCUT2D eigenvalue weighted by Crippen LogP contribution is 2.21. The van der Waals surface area contributed by atoms with E-state index in [1.54, 1.807) is 11.3 Å². The van der Waals surface area contributed by atoms with Crippen molar-refractivity contribution in [1.29, 1.82) is 0 Å². The zero-order valence-corrected chi connectivity index (χ0v) is 12.5. The third-order valence-corrected chi connectivity index (χ3v) is 4.32. The Morgan fingerprint density at radius 1 is 1.28 bits per heavy atom. The molecule has 1 aromatic rings. The summed E-state index contributed by atoms with van der Waals surface area (Å²) >= 11 is 1.73. The van der Waals surface area contributed by atoms with Crippen LogP contribution in [0.3, 0.4) is 0 Å². The van der Waals surface area contributed by atoms with E-state index < -0.39 is 0 Å². The maximum Gasteiger partial charge on any atom is 0.107 e. The molecule has 0 saturated carbocycles. The van der Waals surface area contributed by atoms with Crippen LogP contribution >= 0.6 is 11.3 Å². The largest absolute Gasteiger partial charge is 0.321 e. The fourth-order valence-corrected chi connectivity index (χ4v) is 3.15. The van der Waals surface area contributed by atoms with Gasteiger partial charge in [-0.25, -0.2) is 4.98 Å². The van der Waals surface area contributed by atoms with Crippen molar-refractivity contribution in [3.05, 3.63) is 16.1 Å². The van der Waals surface area contributed by atoms with Gasteiger partial charge >= 0.3 is 0 Å². The SMILES string of the molecule is CCN1CCN(Cc2nc(C(C)(C)N)cs2)CC1. The number of hydrogen-bond acceptors (Lipinski definition) is 5. The summed E-state index contributed by atoms with van der Waals surface area (Å²) in [6, 6.07) is 0. The molecule has 0 aliphatic carbocycles. The quantitative estimate of drug-likeness (QED) is 0.898. The Hall–Kier alpha value is -0.490. The second kappa shape index (κ2) is 5.65. The summed E-state index contributed by atoms with van der Waals surface area (Å²) in [6.07, 6.45) is 0. The van der Waals surface area contributed by atoms with Crippen LogP contribution in [0.5, 0.6) is 0 Å². The first kappa shape index (κ1) is 13.9. The smallest absolute Gasteiger partial charge is 0.107 e. The monoisotopic (exact) mass is 268 g/mol. The van der Waals surface area contributed by atoms with E-state index in [0.717, 1.165) is 31.9 Å². The number of likely N-dealkylation sites (N-methyl/N-ethyl adjacent to an activating group) is 1. The molecule has 1 fully saturated rings. The average Bonchev–Trinajstić information content (AvgIpc) is 2.78. The molecule has 1 aliphatic rings. The molecule has 18 heavy (non-hydrogen) atoms. The van der Waals surface area contributed by atoms with E-state index in [0.29, 0.717) is 0 Å². The van der Waals surface area contributed by atoms with Crippen LogP contribution in [0, 0.1) is 0 Å². The van der Waals surface area contributed by atoms with Crippen molar-refractivity contribution in [2.24, 2.45) is 5.73 Å². The van der Waals surface area contributed by atoms with Gasteiger partial charge in [-0.3, -0.25) is 4.90 Å². The van der Waals surface area contributed by atoms with Crippen LogP contribution in [0.15, 0.2) is 5.38 Å². The van der Waals surface area contributed by atoms with Crippen LogP contribution in [0.25, 0.3) is 0 Å². The van der Waals surface area contributed by atoms with Gasteiger partial charge in [-0.1, -0.05) is 6.92 Å². The second-order valence-corrected chi connectivity index (χ2v) is 6.50. The standard InChI is InChI=1S/C13H24N4S/c1-4-16-5-7-17(8-6-16)9-12-15-11(10-18-12)13(2,3)14/h10H,4-9,14H2,1-3H3. The molecule has 1 aliphatic heterocycles. The van der Waals surface area contributed by atoms with Crippen molar-refractivity contribution in [3.63, 3.8) is 0 Å². The minimum absolute atomic E-state index is 0.324. The summed E-state index contributed by atoms with van der Waals surface area (Å²) in [4.78, 5) is 9.63. The highest BCUT2D eigenvalue weighted by Gasteiger charge is 2.20. The molecule has 0 radical (unpaired) electrons. The predicted molar refractivity (Wildman–Crippen MR) is 76.7 cm³/mol. The number of hydrogen-bond donors (Lipinski definition) is 1. The predicted octanol–water partition coefficient (Wildman–Crippen LogP) is 1.47. The first-order valence-electron chi connectivity index (χ1n) is 6.67. The molecule has 0 bridgehead atoms. The number of nitrogens with two attached hydrogens (primary N) is 1. The van der Waals surface area contributed by atoms with Gasteiger partial charge in [0.1, 0.15) is 5.01 Å². The lowest BCUT2D eigenvalue weighted by Gasteiger charge is -2.33. The van der Waals surface area contributed by atoms with Gasteiger partial charge in [-0.15, -0.1) is 11.3 Å². The van der Waals surface area contributed by atoms with Gasteiger partial charge in [-0.2, -0.15) is 0 Å². The molecule has 2 heterocycles. The molecule has 2 N–H and O–H groups in total. The lowest BCUT2D eigenvalue weighted by atomic mass is 10.0. The molecule has 4 nitrogen and oxygen atoms in total. The summed E-state index contributed by atoms with van der Waals surface area (Å²) in [6.45, 7) is 13.0. The van der Waals surface area contributed by atoms with E-state index in [1.807, 2.05) is 13.8 Å². The summed E-state index contributed by atoms with van der Waals surface area (Å²) in [5, 5.41) is 3.28. The molecule has 5 heteroatoms. The maximum atomic E-state index is 6.06. The lowest BCUT2D eigenvalue weighted by molar-refractivity contribution is 0.132. The van der Waals surface area contributed by atoms with E-state index in [4.69, 9.17) is 5.73 Å². The minimum atomic E-state index is -0.324. The molecule has 1 saturated heterocycles. The zero-order chi connectivity index (χ0) is 13.2. The van der Waals surface area contributed by atoms with E-state index in [-0.39, 0.29) is 5.54 Å². The molecule has 2 rings (SSSR count). The summed E-state index contributed by atoms with van der Waals surface area (Å²) in [5.41, 5.74) is 6.75. The third-order valence-electron chi connectivity index (χ3n) is 3.48. The van der Waals surface area contributed by atoms with E-state index in [2.05, 4.69) is 27.1 Å². The number of thiazole rings is 1. The summed E-state index contributed by atoms with van der Waals surface area (Å²) < 4.78 is 0. The minimum Gasteiger partial charge on any atom is -0.321 e. The zero-order valence-electron chi connectivity index (χ0n) is 11.6. The Balaban J connectivity index is 1.89. The fourth-order valence-electron chi connectivity index (χ4n) is 2.13. The molecule has 0 aromatic carbocycles. The lowest BCUT2D eigenvalue weighted by Crippen LogP contribution is -2.45. The Kier molecular flexibility index (Phi) is 4.37. The van der Waals surface area contributed by atoms with E-state index in [1.165, 1.54) is 18.1 Å². The molecule has 1 aromatic heterocycles. The Bertz CT molecular complexity index is 375. The van der Waals surface area contributed by atoms with Gasteiger partial charge in [-0.05, 0) is 20.4 Å². The van der Waals surface area contributed by atoms with Crippen LogP contribution < -0.4 is 5.73 Å². The van der Waals surface area contributed by atoms with E-state index in [9.17, 15) is 0 Å². The van der Waals surface area contributed by atoms with Crippen LogP contribution in [0.2, 0.25) is 0 Å². The molecular formula is C13H24N4S. The first-order chi connectivity index (χ1) is 8.49. The van der Waals surface area contributed by atoms with Gasteiger partial charge in [0.15, 0.2) is 0 Å².